The highest BCUT2D eigenvalue weighted by Crippen LogP contribution is 2.16. The maximum atomic E-state index is 5.74. The molecule has 0 bridgehead atoms. The molecule has 1 unspecified atom stereocenters. The summed E-state index contributed by atoms with van der Waals surface area (Å²) in [4.78, 5) is 0. The molecule has 0 heterocycles. The summed E-state index contributed by atoms with van der Waals surface area (Å²) in [6, 6.07) is 8.60. The minimum absolute atomic E-state index is 0.680. The normalized spacial score (nSPS) is 11.4. The van der Waals surface area contributed by atoms with Crippen molar-refractivity contribution in [2.75, 3.05) is 6.16 Å². The number of benzene rings is 1. The zero-order chi connectivity index (χ0) is 12.3. The average Bonchev–Trinajstić information content (AvgIpc) is 2.38. The second-order valence-electron chi connectivity index (χ2n) is 4.56. The van der Waals surface area contributed by atoms with Crippen molar-refractivity contribution in [1.29, 1.82) is 0 Å². The van der Waals surface area contributed by atoms with Crippen molar-refractivity contribution in [2.24, 2.45) is 5.73 Å². The Morgan fingerprint density at radius 3 is 2.47 bits per heavy atom. The molecule has 0 fully saturated rings. The van der Waals surface area contributed by atoms with Gasteiger partial charge in [0.1, 0.15) is 0 Å². The minimum atomic E-state index is 0.680. The molecule has 0 amide bonds. The highest BCUT2D eigenvalue weighted by atomic mass is 31.1. The van der Waals surface area contributed by atoms with Gasteiger partial charge in [-0.1, -0.05) is 71.9 Å². The van der Waals surface area contributed by atoms with Gasteiger partial charge in [-0.2, -0.15) is 0 Å². The van der Waals surface area contributed by atoms with Crippen LogP contribution in [0.4, 0.5) is 0 Å². The third-order valence-corrected chi connectivity index (χ3v) is 4.56. The summed E-state index contributed by atoms with van der Waals surface area (Å²) in [5.41, 5.74) is 7.07. The Kier molecular flexibility index (Phi) is 8.30. The van der Waals surface area contributed by atoms with Crippen LogP contribution in [0.25, 0.3) is 0 Å². The van der Waals surface area contributed by atoms with Gasteiger partial charge in [0.25, 0.3) is 0 Å². The fraction of sp³-hybridized carbons (Fsp3) is 0.600. The second-order valence-corrected chi connectivity index (χ2v) is 5.95. The first-order chi connectivity index (χ1) is 8.38. The molecule has 1 aromatic rings. The van der Waals surface area contributed by atoms with E-state index in [-0.39, 0.29) is 0 Å². The van der Waals surface area contributed by atoms with E-state index < -0.39 is 0 Å². The van der Waals surface area contributed by atoms with Crippen LogP contribution in [-0.4, -0.2) is 6.16 Å². The summed E-state index contributed by atoms with van der Waals surface area (Å²) >= 11 is 0. The molecule has 0 spiro atoms. The van der Waals surface area contributed by atoms with E-state index in [9.17, 15) is 0 Å². The number of rotatable bonds is 9. The van der Waals surface area contributed by atoms with Crippen molar-refractivity contribution in [3.63, 3.8) is 0 Å². The van der Waals surface area contributed by atoms with Gasteiger partial charge in [0.05, 0.1) is 0 Å². The van der Waals surface area contributed by atoms with E-state index in [4.69, 9.17) is 5.73 Å². The van der Waals surface area contributed by atoms with Crippen molar-refractivity contribution < 1.29 is 0 Å². The van der Waals surface area contributed by atoms with E-state index in [0.717, 1.165) is 8.58 Å². The summed E-state index contributed by atoms with van der Waals surface area (Å²) in [6.07, 6.45) is 9.68. The van der Waals surface area contributed by atoms with Gasteiger partial charge in [0.2, 0.25) is 0 Å². The fourth-order valence-corrected chi connectivity index (χ4v) is 3.32. The highest BCUT2D eigenvalue weighted by Gasteiger charge is 1.99. The molecule has 1 aromatic carbocycles. The van der Waals surface area contributed by atoms with E-state index in [0.29, 0.717) is 6.54 Å². The summed E-state index contributed by atoms with van der Waals surface area (Å²) in [5.74, 6) is 0. The quantitative estimate of drug-likeness (QED) is 0.524. The van der Waals surface area contributed by atoms with Crippen molar-refractivity contribution in [2.45, 2.75) is 52.0 Å². The van der Waals surface area contributed by atoms with Gasteiger partial charge in [-0.15, -0.1) is 0 Å². The Balaban J connectivity index is 2.13. The molecular formula is C15H26NP. The molecule has 17 heavy (non-hydrogen) atoms. The van der Waals surface area contributed by atoms with Crippen LogP contribution in [0.5, 0.6) is 0 Å². The number of unbranched alkanes of at least 4 members (excludes halogenated alkanes) is 5. The summed E-state index contributed by atoms with van der Waals surface area (Å²) in [7, 11) is 0.942. The van der Waals surface area contributed by atoms with Crippen LogP contribution in [0.15, 0.2) is 24.3 Å². The Bertz CT molecular complexity index is 299. The van der Waals surface area contributed by atoms with Crippen LogP contribution in [0.1, 0.15) is 51.0 Å². The molecule has 0 aliphatic rings. The lowest BCUT2D eigenvalue weighted by atomic mass is 10.1. The van der Waals surface area contributed by atoms with E-state index in [2.05, 4.69) is 31.2 Å². The predicted octanol–water partition coefficient (Wildman–Crippen LogP) is 3.81. The van der Waals surface area contributed by atoms with Crippen molar-refractivity contribution in [3.05, 3.63) is 29.8 Å². The van der Waals surface area contributed by atoms with Gasteiger partial charge in [0, 0.05) is 6.54 Å². The number of hydrogen-bond acceptors (Lipinski definition) is 1. The molecule has 0 radical (unpaired) electrons. The third kappa shape index (κ3) is 6.19. The molecule has 0 saturated heterocycles. The molecule has 0 saturated carbocycles. The Hall–Kier alpha value is -0.390. The smallest absolute Gasteiger partial charge is 0.0184 e. The Labute approximate surface area is 108 Å². The largest absolute Gasteiger partial charge is 0.326 e. The van der Waals surface area contributed by atoms with Crippen molar-refractivity contribution in [1.82, 2.24) is 0 Å². The molecule has 0 aromatic heterocycles. The Morgan fingerprint density at radius 1 is 1.00 bits per heavy atom. The topological polar surface area (TPSA) is 26.0 Å². The standard InChI is InChI=1S/C15H26NP/c1-2-3-4-5-6-9-12-17-15-11-8-7-10-14(15)13-16/h7-8,10-11,17H,2-6,9,12-13,16H2,1H3. The molecule has 96 valence electrons. The summed E-state index contributed by atoms with van der Waals surface area (Å²) < 4.78 is 0. The van der Waals surface area contributed by atoms with Gasteiger partial charge in [-0.05, 0) is 23.5 Å². The van der Waals surface area contributed by atoms with Gasteiger partial charge >= 0.3 is 0 Å². The van der Waals surface area contributed by atoms with Crippen LogP contribution in [0.3, 0.4) is 0 Å². The van der Waals surface area contributed by atoms with Crippen LogP contribution in [0.2, 0.25) is 0 Å². The zero-order valence-electron chi connectivity index (χ0n) is 11.0. The molecule has 0 aliphatic carbocycles. The van der Waals surface area contributed by atoms with Crippen LogP contribution in [-0.2, 0) is 6.54 Å². The maximum Gasteiger partial charge on any atom is 0.0184 e. The molecule has 1 rings (SSSR count). The summed E-state index contributed by atoms with van der Waals surface area (Å²) in [6.45, 7) is 2.95. The highest BCUT2D eigenvalue weighted by molar-refractivity contribution is 7.47. The van der Waals surface area contributed by atoms with Gasteiger partial charge in [-0.25, -0.2) is 0 Å². The van der Waals surface area contributed by atoms with E-state index >= 15 is 0 Å². The van der Waals surface area contributed by atoms with Crippen molar-refractivity contribution in [3.8, 4) is 0 Å². The van der Waals surface area contributed by atoms with Gasteiger partial charge < -0.3 is 5.73 Å². The monoisotopic (exact) mass is 251 g/mol. The second kappa shape index (κ2) is 9.62. The average molecular weight is 251 g/mol. The van der Waals surface area contributed by atoms with Gasteiger partial charge in [0.15, 0.2) is 0 Å². The minimum Gasteiger partial charge on any atom is -0.326 e. The SMILES string of the molecule is CCCCCCCCPc1ccccc1CN. The molecule has 1 atom stereocenters. The molecule has 2 heteroatoms. The van der Waals surface area contributed by atoms with Crippen LogP contribution < -0.4 is 11.0 Å². The molecule has 0 aliphatic heterocycles. The lowest BCUT2D eigenvalue weighted by molar-refractivity contribution is 0.626. The predicted molar refractivity (Wildman–Crippen MR) is 80.5 cm³/mol. The van der Waals surface area contributed by atoms with E-state index in [1.807, 2.05) is 0 Å². The first kappa shape index (κ1) is 14.7. The van der Waals surface area contributed by atoms with E-state index in [1.54, 1.807) is 0 Å². The maximum absolute atomic E-state index is 5.74. The van der Waals surface area contributed by atoms with Crippen molar-refractivity contribution >= 4 is 13.9 Å². The number of hydrogen-bond donors (Lipinski definition) is 1. The number of nitrogens with two attached hydrogens (primary N) is 1. The summed E-state index contributed by atoms with van der Waals surface area (Å²) in [5, 5.41) is 1.48. The molecule has 1 nitrogen and oxygen atoms in total. The third-order valence-electron chi connectivity index (χ3n) is 3.08. The van der Waals surface area contributed by atoms with Crippen LogP contribution >= 0.6 is 8.58 Å². The van der Waals surface area contributed by atoms with Gasteiger partial charge in [-0.3, -0.25) is 0 Å². The lowest BCUT2D eigenvalue weighted by Gasteiger charge is -2.07. The lowest BCUT2D eigenvalue weighted by Crippen LogP contribution is -2.09. The molecule has 2 N–H and O–H groups in total. The molecular weight excluding hydrogens is 225 g/mol. The first-order valence-electron chi connectivity index (χ1n) is 6.90. The zero-order valence-corrected chi connectivity index (χ0v) is 12.0. The Morgan fingerprint density at radius 2 is 1.71 bits per heavy atom. The first-order valence-corrected chi connectivity index (χ1v) is 8.11. The van der Waals surface area contributed by atoms with Crippen LogP contribution in [0, 0.1) is 0 Å². The van der Waals surface area contributed by atoms with E-state index in [1.165, 1.54) is 55.6 Å². The fourth-order valence-electron chi connectivity index (χ4n) is 2.00.